The summed E-state index contributed by atoms with van der Waals surface area (Å²) in [5, 5.41) is 22.5. The Labute approximate surface area is 208 Å². The Balaban J connectivity index is 0.00000121. The summed E-state index contributed by atoms with van der Waals surface area (Å²) in [7, 11) is 0. The zero-order chi connectivity index (χ0) is 17.1. The largest absolute Gasteiger partial charge is 1.00 e. The van der Waals surface area contributed by atoms with Crippen LogP contribution in [0.15, 0.2) is 0 Å². The molecule has 0 aromatic heterocycles. The maximum atomic E-state index is 12.4. The van der Waals surface area contributed by atoms with Crippen molar-refractivity contribution in [2.45, 2.75) is 85.2 Å². The van der Waals surface area contributed by atoms with Crippen LogP contribution < -0.4 is 63.3 Å². The predicted octanol–water partition coefficient (Wildman–Crippen LogP) is 0.576. The normalized spacial score (nSPS) is 49.7. The van der Waals surface area contributed by atoms with Crippen molar-refractivity contribution < 1.29 is 73.2 Å². The zero-order valence-electron chi connectivity index (χ0n) is 16.3. The maximum absolute atomic E-state index is 12.4. The number of carbonyl (C=O) groups is 1. The quantitative estimate of drug-likeness (QED) is 0.691. The molecule has 0 aromatic carbocycles. The predicted molar refractivity (Wildman–Crippen MR) is 97.8 cm³/mol. The fourth-order valence-electron chi connectivity index (χ4n) is 7.98. The Morgan fingerprint density at radius 2 is 1.81 bits per heavy atom. The van der Waals surface area contributed by atoms with Gasteiger partial charge in [0, 0.05) is 5.92 Å². The Morgan fingerprint density at radius 3 is 2.46 bits per heavy atom. The first-order chi connectivity index (χ1) is 11.4. The molecular weight excluding hydrogens is 398 g/mol. The van der Waals surface area contributed by atoms with E-state index in [1.54, 1.807) is 6.92 Å². The van der Waals surface area contributed by atoms with Crippen LogP contribution in [0.2, 0.25) is 0 Å². The molecule has 0 aliphatic heterocycles. The van der Waals surface area contributed by atoms with E-state index in [0.29, 0.717) is 29.5 Å². The van der Waals surface area contributed by atoms with E-state index in [1.807, 2.05) is 0 Å². The van der Waals surface area contributed by atoms with E-state index in [-0.39, 0.29) is 95.1 Å². The second-order valence-electron chi connectivity index (χ2n) is 9.74. The van der Waals surface area contributed by atoms with E-state index in [2.05, 4.69) is 6.92 Å². The third kappa shape index (κ3) is 3.43. The van der Waals surface area contributed by atoms with Gasteiger partial charge in [-0.1, -0.05) is 14.4 Å². The molecule has 26 heavy (non-hydrogen) atoms. The van der Waals surface area contributed by atoms with Crippen LogP contribution in [0.25, 0.3) is 0 Å². The van der Waals surface area contributed by atoms with Crippen molar-refractivity contribution in [2.75, 3.05) is 6.61 Å². The van der Waals surface area contributed by atoms with Crippen LogP contribution in [-0.4, -0.2) is 23.6 Å². The molecule has 0 aromatic rings. The number of aliphatic hydroxyl groups excluding tert-OH is 1. The summed E-state index contributed by atoms with van der Waals surface area (Å²) in [5.74, 6) is 2.90. The summed E-state index contributed by atoms with van der Waals surface area (Å²) in [6.45, 7) is 4.20. The Kier molecular flexibility index (Phi) is 7.86. The van der Waals surface area contributed by atoms with Gasteiger partial charge in [-0.2, -0.15) is 0 Å². The second-order valence-corrected chi connectivity index (χ2v) is 9.74. The number of ketones is 1. The summed E-state index contributed by atoms with van der Waals surface area (Å²) in [6, 6.07) is 0. The Bertz CT molecular complexity index is 524. The minimum atomic E-state index is -0.186. The van der Waals surface area contributed by atoms with Crippen molar-refractivity contribution in [2.24, 2.45) is 40.4 Å². The maximum Gasteiger partial charge on any atom is 1.00 e. The molecule has 8 atom stereocenters. The van der Waals surface area contributed by atoms with Crippen LogP contribution in [0.3, 0.4) is 0 Å². The third-order valence-corrected chi connectivity index (χ3v) is 9.10. The average Bonchev–Trinajstić information content (AvgIpc) is 2.91. The van der Waals surface area contributed by atoms with E-state index in [4.69, 9.17) is 0 Å². The van der Waals surface area contributed by atoms with E-state index in [0.717, 1.165) is 44.9 Å². The van der Waals surface area contributed by atoms with Crippen LogP contribution in [0, 0.1) is 40.4 Å². The molecule has 4 saturated carbocycles. The van der Waals surface area contributed by atoms with Crippen molar-refractivity contribution in [1.82, 2.24) is 0 Å². The summed E-state index contributed by atoms with van der Waals surface area (Å²) >= 11 is 0. The van der Waals surface area contributed by atoms with Gasteiger partial charge in [0.15, 0.2) is 0 Å². The van der Waals surface area contributed by atoms with Gasteiger partial charge < -0.3 is 10.2 Å². The SMILES string of the molecule is C.CC(=O)C1CCC2C3CCC4C[C@H](O)CCC4(C[O-])C3CCC12C.[Rb+]. The topological polar surface area (TPSA) is 60.4 Å². The fourth-order valence-corrected chi connectivity index (χ4v) is 7.98. The van der Waals surface area contributed by atoms with Crippen molar-refractivity contribution in [3.8, 4) is 0 Å². The Morgan fingerprint density at radius 1 is 1.08 bits per heavy atom. The zero-order valence-corrected chi connectivity index (χ0v) is 21.2. The van der Waals surface area contributed by atoms with Gasteiger partial charge in [0.2, 0.25) is 0 Å². The van der Waals surface area contributed by atoms with Crippen LogP contribution in [0.1, 0.15) is 79.1 Å². The standard InChI is InChI=1S/C21H33O3.CH4.Rb/c1-13(23)17-5-6-18-16-4-3-14-11-15(24)7-10-21(14,12-22)19(16)8-9-20(17,18)2;;/h14-19,24H,3-12H2,1-2H3;1H4;/q-1;;+1/t14?,15-,16?,17?,18?,19?,20?,21?;;/m1../s1. The fraction of sp³-hybridized carbons (Fsp3) is 0.955. The third-order valence-electron chi connectivity index (χ3n) is 9.10. The molecule has 4 aliphatic carbocycles. The van der Waals surface area contributed by atoms with Gasteiger partial charge in [0.1, 0.15) is 5.78 Å². The molecule has 0 bridgehead atoms. The van der Waals surface area contributed by atoms with Gasteiger partial charge in [-0.05, 0) is 99.2 Å². The van der Waals surface area contributed by atoms with Crippen molar-refractivity contribution in [1.29, 1.82) is 0 Å². The van der Waals surface area contributed by atoms with Gasteiger partial charge in [-0.25, -0.2) is 0 Å². The number of Topliss-reactive ketones (excluding diaryl/α,β-unsaturated/α-hetero) is 1. The van der Waals surface area contributed by atoms with Crippen LogP contribution in [0.5, 0.6) is 0 Å². The molecule has 4 rings (SSSR count). The van der Waals surface area contributed by atoms with Crippen LogP contribution in [-0.2, 0) is 4.79 Å². The molecule has 0 saturated heterocycles. The summed E-state index contributed by atoms with van der Waals surface area (Å²) in [4.78, 5) is 12.2. The molecule has 0 radical (unpaired) electrons. The molecule has 4 fully saturated rings. The van der Waals surface area contributed by atoms with E-state index < -0.39 is 0 Å². The van der Waals surface area contributed by atoms with Gasteiger partial charge >= 0.3 is 58.2 Å². The number of fused-ring (bicyclic) bond motifs is 5. The minimum Gasteiger partial charge on any atom is -0.854 e. The number of aliphatic hydroxyl groups is 1. The molecule has 4 aliphatic rings. The number of hydrogen-bond donors (Lipinski definition) is 1. The molecule has 144 valence electrons. The first kappa shape index (κ1) is 23.7. The van der Waals surface area contributed by atoms with E-state index in [9.17, 15) is 15.0 Å². The number of carbonyl (C=O) groups excluding carboxylic acids is 1. The molecule has 0 amide bonds. The molecule has 1 N–H and O–H groups in total. The van der Waals surface area contributed by atoms with E-state index >= 15 is 0 Å². The van der Waals surface area contributed by atoms with Gasteiger partial charge in [0.05, 0.1) is 6.10 Å². The van der Waals surface area contributed by atoms with Crippen LogP contribution >= 0.6 is 0 Å². The second kappa shape index (κ2) is 8.64. The van der Waals surface area contributed by atoms with E-state index in [1.165, 1.54) is 12.8 Å². The molecule has 0 spiro atoms. The molecule has 7 unspecified atom stereocenters. The first-order valence-corrected chi connectivity index (χ1v) is 10.2. The average molecular weight is 435 g/mol. The Hall–Kier alpha value is 1.40. The molecule has 4 heteroatoms. The smallest absolute Gasteiger partial charge is 0.854 e. The summed E-state index contributed by atoms with van der Waals surface area (Å²) in [5.41, 5.74) is 0.121. The number of hydrogen-bond acceptors (Lipinski definition) is 3. The molecule has 3 nitrogen and oxygen atoms in total. The van der Waals surface area contributed by atoms with Gasteiger partial charge in [-0.15, -0.1) is 6.61 Å². The number of rotatable bonds is 2. The van der Waals surface area contributed by atoms with Crippen molar-refractivity contribution in [3.63, 3.8) is 0 Å². The molecular formula is C22H37O3Rb. The van der Waals surface area contributed by atoms with Crippen molar-refractivity contribution >= 4 is 5.78 Å². The van der Waals surface area contributed by atoms with Gasteiger partial charge in [0.25, 0.3) is 0 Å². The minimum absolute atomic E-state index is 0. The van der Waals surface area contributed by atoms with Crippen LogP contribution in [0.4, 0.5) is 0 Å². The monoisotopic (exact) mass is 434 g/mol. The first-order valence-electron chi connectivity index (χ1n) is 10.2. The van der Waals surface area contributed by atoms with Gasteiger partial charge in [-0.3, -0.25) is 4.79 Å². The summed E-state index contributed by atoms with van der Waals surface area (Å²) < 4.78 is 0. The summed E-state index contributed by atoms with van der Waals surface area (Å²) in [6.07, 6.45) is 9.26. The molecule has 0 heterocycles. The van der Waals surface area contributed by atoms with Crippen molar-refractivity contribution in [3.05, 3.63) is 0 Å².